The molecule has 0 unspecified atom stereocenters. The quantitative estimate of drug-likeness (QED) is 0.474. The van der Waals surface area contributed by atoms with Gasteiger partial charge in [0.15, 0.2) is 5.78 Å². The van der Waals surface area contributed by atoms with Crippen LogP contribution >= 0.6 is 0 Å². The molecule has 0 aromatic heterocycles. The van der Waals surface area contributed by atoms with Gasteiger partial charge in [-0.25, -0.2) is 0 Å². The van der Waals surface area contributed by atoms with Gasteiger partial charge in [0.05, 0.1) is 0 Å². The van der Waals surface area contributed by atoms with Crippen LogP contribution in [0.2, 0.25) is 0 Å². The zero-order chi connectivity index (χ0) is 13.5. The summed E-state index contributed by atoms with van der Waals surface area (Å²) in [5.74, 6) is -0.0734. The number of Topliss-reactive ketones (excluding diaryl/α,β-unsaturated/α-hetero) is 1. The topological polar surface area (TPSA) is 72.2 Å². The van der Waals surface area contributed by atoms with Crippen LogP contribution in [0.4, 0.5) is 5.69 Å². The van der Waals surface area contributed by atoms with Crippen molar-refractivity contribution in [3.05, 3.63) is 35.4 Å². The Bertz CT molecular complexity index is 479. The SMILES string of the molecule is CC(=O)NCCC=Cc1ccc(N)c(C(C)=O)c1. The molecule has 0 radical (unpaired) electrons. The summed E-state index contributed by atoms with van der Waals surface area (Å²) in [6.45, 7) is 3.60. The van der Waals surface area contributed by atoms with Gasteiger partial charge in [-0.05, 0) is 31.0 Å². The van der Waals surface area contributed by atoms with Crippen LogP contribution in [0.15, 0.2) is 24.3 Å². The number of ketones is 1. The number of anilines is 1. The first kappa shape index (κ1) is 14.0. The summed E-state index contributed by atoms with van der Waals surface area (Å²) in [6.07, 6.45) is 4.61. The molecule has 0 aliphatic heterocycles. The van der Waals surface area contributed by atoms with Crippen LogP contribution in [0.25, 0.3) is 6.08 Å². The number of nitrogens with two attached hydrogens (primary N) is 1. The fourth-order valence-corrected chi connectivity index (χ4v) is 1.53. The van der Waals surface area contributed by atoms with E-state index in [0.717, 1.165) is 12.0 Å². The Kier molecular flexibility index (Phi) is 5.11. The zero-order valence-electron chi connectivity index (χ0n) is 10.7. The smallest absolute Gasteiger partial charge is 0.216 e. The fourth-order valence-electron chi connectivity index (χ4n) is 1.53. The Morgan fingerprint density at radius 3 is 2.67 bits per heavy atom. The summed E-state index contributed by atoms with van der Waals surface area (Å²) in [5.41, 5.74) is 7.67. The van der Waals surface area contributed by atoms with Gasteiger partial charge < -0.3 is 11.1 Å². The van der Waals surface area contributed by atoms with E-state index in [9.17, 15) is 9.59 Å². The summed E-state index contributed by atoms with van der Waals surface area (Å²) in [4.78, 5) is 22.0. The number of nitrogen functional groups attached to an aromatic ring is 1. The molecule has 1 aromatic carbocycles. The molecule has 0 aliphatic rings. The lowest BCUT2D eigenvalue weighted by atomic mass is 10.1. The number of hydrogen-bond acceptors (Lipinski definition) is 3. The van der Waals surface area contributed by atoms with Gasteiger partial charge in [-0.2, -0.15) is 0 Å². The molecule has 0 saturated heterocycles. The van der Waals surface area contributed by atoms with E-state index in [1.54, 1.807) is 12.1 Å². The summed E-state index contributed by atoms with van der Waals surface area (Å²) < 4.78 is 0. The Morgan fingerprint density at radius 1 is 1.33 bits per heavy atom. The van der Waals surface area contributed by atoms with E-state index < -0.39 is 0 Å². The molecular weight excluding hydrogens is 228 g/mol. The molecule has 0 atom stereocenters. The molecule has 1 rings (SSSR count). The number of hydrogen-bond donors (Lipinski definition) is 2. The van der Waals surface area contributed by atoms with Crippen LogP contribution in [0.5, 0.6) is 0 Å². The highest BCUT2D eigenvalue weighted by molar-refractivity contribution is 5.99. The number of carbonyl (C=O) groups excluding carboxylic acids is 2. The summed E-state index contributed by atoms with van der Waals surface area (Å²) in [7, 11) is 0. The van der Waals surface area contributed by atoms with E-state index in [2.05, 4.69) is 5.32 Å². The second kappa shape index (κ2) is 6.59. The molecule has 1 aromatic rings. The van der Waals surface area contributed by atoms with Gasteiger partial charge in [-0.15, -0.1) is 0 Å². The first-order valence-electron chi connectivity index (χ1n) is 5.82. The lowest BCUT2D eigenvalue weighted by Gasteiger charge is -2.03. The molecule has 0 saturated carbocycles. The van der Waals surface area contributed by atoms with Crippen molar-refractivity contribution in [2.75, 3.05) is 12.3 Å². The van der Waals surface area contributed by atoms with Gasteiger partial charge in [0.2, 0.25) is 5.91 Å². The first-order chi connectivity index (χ1) is 8.50. The molecule has 4 heteroatoms. The normalized spacial score (nSPS) is 10.6. The number of amides is 1. The minimum absolute atomic E-state index is 0.0326. The standard InChI is InChI=1S/C14H18N2O2/c1-10(17)13-9-12(6-7-14(13)15)5-3-4-8-16-11(2)18/h3,5-7,9H,4,8,15H2,1-2H3,(H,16,18). The van der Waals surface area contributed by atoms with Gasteiger partial charge in [-0.3, -0.25) is 9.59 Å². The van der Waals surface area contributed by atoms with Crippen molar-refractivity contribution in [2.45, 2.75) is 20.3 Å². The third-order valence-electron chi connectivity index (χ3n) is 2.45. The molecule has 4 nitrogen and oxygen atoms in total. The molecule has 0 fully saturated rings. The molecule has 0 spiro atoms. The summed E-state index contributed by atoms with van der Waals surface area (Å²) in [5, 5.41) is 2.71. The van der Waals surface area contributed by atoms with E-state index in [1.165, 1.54) is 13.8 Å². The maximum atomic E-state index is 11.3. The predicted octanol–water partition coefficient (Wildman–Crippen LogP) is 2.01. The summed E-state index contributed by atoms with van der Waals surface area (Å²) >= 11 is 0. The maximum Gasteiger partial charge on any atom is 0.216 e. The van der Waals surface area contributed by atoms with Crippen molar-refractivity contribution in [2.24, 2.45) is 0 Å². The lowest BCUT2D eigenvalue weighted by molar-refractivity contribution is -0.118. The highest BCUT2D eigenvalue weighted by Gasteiger charge is 2.04. The molecule has 0 aliphatic carbocycles. The fraction of sp³-hybridized carbons (Fsp3) is 0.286. The Morgan fingerprint density at radius 2 is 2.06 bits per heavy atom. The van der Waals surface area contributed by atoms with Crippen LogP contribution in [0.1, 0.15) is 36.2 Å². The van der Waals surface area contributed by atoms with Crippen molar-refractivity contribution in [1.29, 1.82) is 0 Å². The van der Waals surface area contributed by atoms with Crippen LogP contribution in [0.3, 0.4) is 0 Å². The largest absolute Gasteiger partial charge is 0.398 e. The van der Waals surface area contributed by atoms with Gasteiger partial charge in [0.25, 0.3) is 0 Å². The highest BCUT2D eigenvalue weighted by Crippen LogP contribution is 2.15. The van der Waals surface area contributed by atoms with E-state index in [4.69, 9.17) is 5.73 Å². The average molecular weight is 246 g/mol. The van der Waals surface area contributed by atoms with Crippen LogP contribution < -0.4 is 11.1 Å². The monoisotopic (exact) mass is 246 g/mol. The van der Waals surface area contributed by atoms with Crippen molar-refractivity contribution >= 4 is 23.5 Å². The molecule has 3 N–H and O–H groups in total. The van der Waals surface area contributed by atoms with Crippen LogP contribution in [-0.4, -0.2) is 18.2 Å². The average Bonchev–Trinajstić information content (AvgIpc) is 2.30. The Hall–Kier alpha value is -2.10. The maximum absolute atomic E-state index is 11.3. The van der Waals surface area contributed by atoms with Gasteiger partial charge in [-0.1, -0.05) is 18.2 Å². The molecule has 0 bridgehead atoms. The Balaban J connectivity index is 2.62. The number of carbonyl (C=O) groups is 2. The molecule has 0 heterocycles. The minimum atomic E-state index is -0.0407. The molecular formula is C14H18N2O2. The van der Waals surface area contributed by atoms with Crippen LogP contribution in [0, 0.1) is 0 Å². The minimum Gasteiger partial charge on any atom is -0.398 e. The van der Waals surface area contributed by atoms with Crippen molar-refractivity contribution in [3.63, 3.8) is 0 Å². The van der Waals surface area contributed by atoms with Crippen molar-refractivity contribution < 1.29 is 9.59 Å². The van der Waals surface area contributed by atoms with Gasteiger partial charge >= 0.3 is 0 Å². The second-order valence-corrected chi connectivity index (χ2v) is 4.08. The first-order valence-corrected chi connectivity index (χ1v) is 5.82. The van der Waals surface area contributed by atoms with E-state index in [-0.39, 0.29) is 11.7 Å². The second-order valence-electron chi connectivity index (χ2n) is 4.08. The zero-order valence-corrected chi connectivity index (χ0v) is 10.7. The number of rotatable bonds is 5. The van der Waals surface area contributed by atoms with Crippen molar-refractivity contribution in [1.82, 2.24) is 5.32 Å². The number of benzene rings is 1. The van der Waals surface area contributed by atoms with E-state index >= 15 is 0 Å². The van der Waals surface area contributed by atoms with Crippen molar-refractivity contribution in [3.8, 4) is 0 Å². The predicted molar refractivity (Wildman–Crippen MR) is 73.2 cm³/mol. The molecule has 18 heavy (non-hydrogen) atoms. The van der Waals surface area contributed by atoms with Crippen LogP contribution in [-0.2, 0) is 4.79 Å². The summed E-state index contributed by atoms with van der Waals surface area (Å²) in [6, 6.07) is 5.35. The number of nitrogens with one attached hydrogen (secondary N) is 1. The molecule has 1 amide bonds. The van der Waals surface area contributed by atoms with E-state index in [1.807, 2.05) is 18.2 Å². The molecule has 96 valence electrons. The highest BCUT2D eigenvalue weighted by atomic mass is 16.1. The van der Waals surface area contributed by atoms with E-state index in [0.29, 0.717) is 17.8 Å². The third kappa shape index (κ3) is 4.41. The lowest BCUT2D eigenvalue weighted by Crippen LogP contribution is -2.20. The van der Waals surface area contributed by atoms with Gasteiger partial charge in [0.1, 0.15) is 0 Å². The Labute approximate surface area is 107 Å². The van der Waals surface area contributed by atoms with Gasteiger partial charge in [0, 0.05) is 24.7 Å². The third-order valence-corrected chi connectivity index (χ3v) is 2.45.